The van der Waals surface area contributed by atoms with Crippen LogP contribution in [0.2, 0.25) is 0 Å². The summed E-state index contributed by atoms with van der Waals surface area (Å²) in [6, 6.07) is 9.15. The van der Waals surface area contributed by atoms with E-state index >= 15 is 0 Å². The van der Waals surface area contributed by atoms with Crippen molar-refractivity contribution in [1.82, 2.24) is 0 Å². The van der Waals surface area contributed by atoms with Crippen LogP contribution in [0.5, 0.6) is 0 Å². The molecule has 0 spiro atoms. The van der Waals surface area contributed by atoms with Crippen molar-refractivity contribution in [2.45, 2.75) is 71.6 Å². The van der Waals surface area contributed by atoms with E-state index in [0.29, 0.717) is 5.92 Å². The van der Waals surface area contributed by atoms with E-state index in [9.17, 15) is 0 Å². The van der Waals surface area contributed by atoms with E-state index in [-0.39, 0.29) is 0 Å². The SMILES string of the molecule is CC1CCC(c2ccc(C#CC3CCC(C)CC3C)cc2)CC1. The maximum Gasteiger partial charge on any atom is 0.0245 e. The van der Waals surface area contributed by atoms with E-state index in [4.69, 9.17) is 0 Å². The van der Waals surface area contributed by atoms with Gasteiger partial charge in [0.1, 0.15) is 0 Å². The highest BCUT2D eigenvalue weighted by Crippen LogP contribution is 2.35. The molecular weight excluding hydrogens is 276 g/mol. The van der Waals surface area contributed by atoms with Gasteiger partial charge in [-0.25, -0.2) is 0 Å². The summed E-state index contributed by atoms with van der Waals surface area (Å²) in [5, 5.41) is 0. The van der Waals surface area contributed by atoms with Gasteiger partial charge < -0.3 is 0 Å². The third-order valence-corrected chi connectivity index (χ3v) is 6.23. The van der Waals surface area contributed by atoms with E-state index in [0.717, 1.165) is 23.7 Å². The lowest BCUT2D eigenvalue weighted by molar-refractivity contribution is 0.250. The van der Waals surface area contributed by atoms with Gasteiger partial charge in [0.05, 0.1) is 0 Å². The second-order valence-corrected chi connectivity index (χ2v) is 8.35. The number of rotatable bonds is 1. The standard InChI is InChI=1S/C23H32/c1-17-4-11-22(12-5-17)23-14-8-20(9-15-23)7-13-21-10-6-18(2)16-19(21)3/h8-9,14-15,17-19,21-22H,4-6,10-12,16H2,1-3H3. The lowest BCUT2D eigenvalue weighted by atomic mass is 9.76. The molecule has 0 bridgehead atoms. The van der Waals surface area contributed by atoms with Crippen LogP contribution in [0.25, 0.3) is 0 Å². The minimum atomic E-state index is 0.603. The summed E-state index contributed by atoms with van der Waals surface area (Å²) in [4.78, 5) is 0. The van der Waals surface area contributed by atoms with E-state index in [1.165, 1.54) is 56.1 Å². The largest absolute Gasteiger partial charge is 0.0942 e. The van der Waals surface area contributed by atoms with Gasteiger partial charge in [0, 0.05) is 11.5 Å². The lowest BCUT2D eigenvalue weighted by Crippen LogP contribution is -2.20. The Hall–Kier alpha value is -1.22. The number of hydrogen-bond donors (Lipinski definition) is 0. The Morgan fingerprint density at radius 1 is 0.783 bits per heavy atom. The maximum atomic E-state index is 3.56. The zero-order valence-electron chi connectivity index (χ0n) is 15.1. The van der Waals surface area contributed by atoms with E-state index in [2.05, 4.69) is 56.9 Å². The fourth-order valence-electron chi connectivity index (χ4n) is 4.49. The molecule has 1 aromatic carbocycles. The van der Waals surface area contributed by atoms with Gasteiger partial charge in [-0.1, -0.05) is 57.6 Å². The van der Waals surface area contributed by atoms with Crippen molar-refractivity contribution in [3.05, 3.63) is 35.4 Å². The first-order valence-electron chi connectivity index (χ1n) is 9.73. The first-order chi connectivity index (χ1) is 11.1. The molecule has 2 fully saturated rings. The van der Waals surface area contributed by atoms with Gasteiger partial charge in [-0.15, -0.1) is 0 Å². The fourth-order valence-corrected chi connectivity index (χ4v) is 4.49. The topological polar surface area (TPSA) is 0 Å². The molecule has 0 saturated heterocycles. The Morgan fingerprint density at radius 3 is 2.09 bits per heavy atom. The molecular formula is C23H32. The summed E-state index contributed by atoms with van der Waals surface area (Å²) < 4.78 is 0. The van der Waals surface area contributed by atoms with Gasteiger partial charge in [-0.3, -0.25) is 0 Å². The minimum Gasteiger partial charge on any atom is -0.0942 e. The molecule has 0 aliphatic heterocycles. The molecule has 2 aliphatic rings. The molecule has 1 aromatic rings. The van der Waals surface area contributed by atoms with Crippen LogP contribution in [0.1, 0.15) is 82.8 Å². The second-order valence-electron chi connectivity index (χ2n) is 8.35. The van der Waals surface area contributed by atoms with Gasteiger partial charge >= 0.3 is 0 Å². The molecule has 0 radical (unpaired) electrons. The Balaban J connectivity index is 1.61. The van der Waals surface area contributed by atoms with Gasteiger partial charge in [0.15, 0.2) is 0 Å². The summed E-state index contributed by atoms with van der Waals surface area (Å²) >= 11 is 0. The van der Waals surface area contributed by atoms with Crippen molar-refractivity contribution in [3.63, 3.8) is 0 Å². The normalized spacial score (nSPS) is 34.5. The number of benzene rings is 1. The van der Waals surface area contributed by atoms with Crippen molar-refractivity contribution in [2.75, 3.05) is 0 Å². The average Bonchev–Trinajstić information content (AvgIpc) is 2.55. The molecule has 3 atom stereocenters. The molecule has 0 N–H and O–H groups in total. The van der Waals surface area contributed by atoms with Crippen LogP contribution in [0, 0.1) is 35.5 Å². The Kier molecular flexibility index (Phi) is 5.47. The van der Waals surface area contributed by atoms with Crippen LogP contribution in [0.3, 0.4) is 0 Å². The Morgan fingerprint density at radius 2 is 1.43 bits per heavy atom. The van der Waals surface area contributed by atoms with Gasteiger partial charge in [-0.05, 0) is 73.5 Å². The molecule has 0 heterocycles. The Bertz CT molecular complexity index is 548. The summed E-state index contributed by atoms with van der Waals surface area (Å²) in [7, 11) is 0. The summed E-state index contributed by atoms with van der Waals surface area (Å²) in [5.74, 6) is 11.0. The summed E-state index contributed by atoms with van der Waals surface area (Å²) in [5.41, 5.74) is 2.73. The van der Waals surface area contributed by atoms with Crippen LogP contribution in [0.15, 0.2) is 24.3 Å². The molecule has 2 saturated carbocycles. The Labute approximate surface area is 143 Å². The predicted molar refractivity (Wildman–Crippen MR) is 99.4 cm³/mol. The molecule has 0 aromatic heterocycles. The molecule has 3 rings (SSSR count). The maximum absolute atomic E-state index is 3.56. The highest BCUT2D eigenvalue weighted by Gasteiger charge is 2.23. The van der Waals surface area contributed by atoms with E-state index < -0.39 is 0 Å². The lowest BCUT2D eigenvalue weighted by Gasteiger charge is -2.29. The van der Waals surface area contributed by atoms with Crippen LogP contribution >= 0.6 is 0 Å². The average molecular weight is 309 g/mol. The summed E-state index contributed by atoms with van der Waals surface area (Å²) in [6.45, 7) is 7.15. The van der Waals surface area contributed by atoms with Gasteiger partial charge in [0.25, 0.3) is 0 Å². The fraction of sp³-hybridized carbons (Fsp3) is 0.652. The zero-order chi connectivity index (χ0) is 16.2. The molecule has 0 nitrogen and oxygen atoms in total. The first kappa shape index (κ1) is 16.6. The van der Waals surface area contributed by atoms with Gasteiger partial charge in [-0.2, -0.15) is 0 Å². The highest BCUT2D eigenvalue weighted by atomic mass is 14.3. The second kappa shape index (κ2) is 7.57. The molecule has 3 unspecified atom stereocenters. The first-order valence-corrected chi connectivity index (χ1v) is 9.73. The quantitative estimate of drug-likeness (QED) is 0.526. The molecule has 0 amide bonds. The van der Waals surface area contributed by atoms with Crippen LogP contribution < -0.4 is 0 Å². The van der Waals surface area contributed by atoms with Crippen molar-refractivity contribution in [3.8, 4) is 11.8 Å². The molecule has 2 aliphatic carbocycles. The summed E-state index contributed by atoms with van der Waals surface area (Å²) in [6.07, 6.45) is 9.50. The van der Waals surface area contributed by atoms with E-state index in [1.54, 1.807) is 0 Å². The third-order valence-electron chi connectivity index (χ3n) is 6.23. The van der Waals surface area contributed by atoms with Crippen molar-refractivity contribution in [1.29, 1.82) is 0 Å². The zero-order valence-corrected chi connectivity index (χ0v) is 15.1. The van der Waals surface area contributed by atoms with Crippen molar-refractivity contribution < 1.29 is 0 Å². The molecule has 0 heteroatoms. The minimum absolute atomic E-state index is 0.603. The molecule has 124 valence electrons. The van der Waals surface area contributed by atoms with Crippen molar-refractivity contribution >= 4 is 0 Å². The van der Waals surface area contributed by atoms with Crippen LogP contribution in [-0.2, 0) is 0 Å². The molecule has 23 heavy (non-hydrogen) atoms. The highest BCUT2D eigenvalue weighted by molar-refractivity contribution is 5.37. The third kappa shape index (κ3) is 4.41. The van der Waals surface area contributed by atoms with Crippen LogP contribution in [0.4, 0.5) is 0 Å². The van der Waals surface area contributed by atoms with E-state index in [1.807, 2.05) is 0 Å². The smallest absolute Gasteiger partial charge is 0.0245 e. The monoisotopic (exact) mass is 308 g/mol. The predicted octanol–water partition coefficient (Wildman–Crippen LogP) is 6.40. The van der Waals surface area contributed by atoms with Crippen LogP contribution in [-0.4, -0.2) is 0 Å². The van der Waals surface area contributed by atoms with Crippen molar-refractivity contribution in [2.24, 2.45) is 23.7 Å². The van der Waals surface area contributed by atoms with Gasteiger partial charge in [0.2, 0.25) is 0 Å². The number of hydrogen-bond acceptors (Lipinski definition) is 0.